The summed E-state index contributed by atoms with van der Waals surface area (Å²) in [6.07, 6.45) is 8.36. The van der Waals surface area contributed by atoms with E-state index >= 15 is 0 Å². The predicted molar refractivity (Wildman–Crippen MR) is 94.3 cm³/mol. The normalized spacial score (nSPS) is 24.9. The number of benzene rings is 1. The molecule has 4 heteroatoms. The van der Waals surface area contributed by atoms with E-state index in [0.717, 1.165) is 32.1 Å². The quantitative estimate of drug-likeness (QED) is 0.887. The summed E-state index contributed by atoms with van der Waals surface area (Å²) >= 11 is 0. The molecule has 0 bridgehead atoms. The molecule has 4 rings (SSSR count). The van der Waals surface area contributed by atoms with E-state index in [9.17, 15) is 9.90 Å². The summed E-state index contributed by atoms with van der Waals surface area (Å²) < 4.78 is 2.27. The molecule has 0 amide bonds. The number of nitrogens with zero attached hydrogens (tertiary/aromatic N) is 2. The van der Waals surface area contributed by atoms with Crippen molar-refractivity contribution in [2.45, 2.75) is 70.3 Å². The lowest BCUT2D eigenvalue weighted by Crippen LogP contribution is -2.20. The predicted octanol–water partition coefficient (Wildman–Crippen LogP) is 4.68. The first kappa shape index (κ1) is 15.7. The Morgan fingerprint density at radius 2 is 1.96 bits per heavy atom. The number of carbonyl (C=O) groups is 1. The number of carboxylic acids is 1. The molecule has 2 fully saturated rings. The van der Waals surface area contributed by atoms with Crippen molar-refractivity contribution in [3.63, 3.8) is 0 Å². The highest BCUT2D eigenvalue weighted by molar-refractivity contribution is 5.83. The highest BCUT2D eigenvalue weighted by atomic mass is 16.4. The fraction of sp³-hybridized carbons (Fsp3) is 0.600. The van der Waals surface area contributed by atoms with Gasteiger partial charge < -0.3 is 5.11 Å². The molecule has 2 aliphatic carbocycles. The first-order chi connectivity index (χ1) is 11.7. The van der Waals surface area contributed by atoms with Crippen molar-refractivity contribution < 1.29 is 9.90 Å². The van der Waals surface area contributed by atoms with Crippen molar-refractivity contribution in [3.05, 3.63) is 29.5 Å². The number of fused-ring (bicyclic) bond motifs is 1. The third kappa shape index (κ3) is 2.62. The van der Waals surface area contributed by atoms with Gasteiger partial charge in [0.05, 0.1) is 23.2 Å². The van der Waals surface area contributed by atoms with Crippen LogP contribution in [0, 0.1) is 5.92 Å². The number of rotatable bonds is 4. The van der Waals surface area contributed by atoms with Gasteiger partial charge in [0, 0.05) is 5.39 Å². The van der Waals surface area contributed by atoms with Gasteiger partial charge in [-0.1, -0.05) is 19.1 Å². The first-order valence-corrected chi connectivity index (χ1v) is 9.41. The summed E-state index contributed by atoms with van der Waals surface area (Å²) in [7, 11) is 0. The second-order valence-electron chi connectivity index (χ2n) is 7.49. The highest BCUT2D eigenvalue weighted by Gasteiger charge is 2.28. The zero-order valence-corrected chi connectivity index (χ0v) is 14.4. The van der Waals surface area contributed by atoms with Crippen LogP contribution in [0.3, 0.4) is 0 Å². The maximum atomic E-state index is 11.2. The fourth-order valence-electron chi connectivity index (χ4n) is 4.32. The van der Waals surface area contributed by atoms with Crippen LogP contribution in [0.15, 0.2) is 18.2 Å². The number of hydrogen-bond donors (Lipinski definition) is 1. The lowest BCUT2D eigenvalue weighted by atomic mass is 9.78. The molecule has 0 radical (unpaired) electrons. The van der Waals surface area contributed by atoms with Crippen LogP contribution in [0.4, 0.5) is 0 Å². The Morgan fingerprint density at radius 1 is 1.21 bits per heavy atom. The second kappa shape index (κ2) is 6.23. The van der Waals surface area contributed by atoms with Gasteiger partial charge in [0.1, 0.15) is 0 Å². The average Bonchev–Trinajstić information content (AvgIpc) is 2.91. The van der Waals surface area contributed by atoms with Crippen LogP contribution in [0.25, 0.3) is 10.9 Å². The molecule has 2 aliphatic rings. The summed E-state index contributed by atoms with van der Waals surface area (Å²) in [5.74, 6) is -0.267. The van der Waals surface area contributed by atoms with E-state index in [1.54, 1.807) is 0 Å². The van der Waals surface area contributed by atoms with Crippen LogP contribution in [-0.4, -0.2) is 20.9 Å². The number of aliphatic carboxylic acids is 1. The van der Waals surface area contributed by atoms with Crippen LogP contribution in [-0.2, 0) is 11.2 Å². The van der Waals surface area contributed by atoms with Crippen molar-refractivity contribution in [1.29, 1.82) is 0 Å². The minimum atomic E-state index is -0.625. The van der Waals surface area contributed by atoms with E-state index in [1.165, 1.54) is 41.4 Å². The largest absolute Gasteiger partial charge is 0.481 e. The van der Waals surface area contributed by atoms with Gasteiger partial charge in [-0.3, -0.25) is 9.48 Å². The Labute approximate surface area is 142 Å². The van der Waals surface area contributed by atoms with Crippen LogP contribution < -0.4 is 0 Å². The van der Waals surface area contributed by atoms with Crippen LogP contribution in [0.2, 0.25) is 0 Å². The van der Waals surface area contributed by atoms with E-state index in [4.69, 9.17) is 5.10 Å². The minimum absolute atomic E-state index is 0.142. The number of hydrogen-bond acceptors (Lipinski definition) is 2. The van der Waals surface area contributed by atoms with E-state index in [1.807, 2.05) is 0 Å². The zero-order valence-electron chi connectivity index (χ0n) is 14.4. The van der Waals surface area contributed by atoms with Gasteiger partial charge in [-0.15, -0.1) is 0 Å². The molecule has 2 saturated carbocycles. The third-order valence-corrected chi connectivity index (χ3v) is 6.11. The molecule has 0 saturated heterocycles. The molecular weight excluding hydrogens is 300 g/mol. The summed E-state index contributed by atoms with van der Waals surface area (Å²) in [5, 5.41) is 15.4. The molecule has 0 unspecified atom stereocenters. The molecule has 1 N–H and O–H groups in total. The number of aromatic nitrogens is 2. The molecule has 128 valence electrons. The molecule has 24 heavy (non-hydrogen) atoms. The van der Waals surface area contributed by atoms with Gasteiger partial charge in [0.2, 0.25) is 0 Å². The third-order valence-electron chi connectivity index (χ3n) is 6.11. The highest BCUT2D eigenvalue weighted by Crippen LogP contribution is 2.39. The van der Waals surface area contributed by atoms with Gasteiger partial charge in [-0.25, -0.2) is 0 Å². The Bertz CT molecular complexity index is 752. The lowest BCUT2D eigenvalue weighted by Gasteiger charge is -2.28. The van der Waals surface area contributed by atoms with Gasteiger partial charge in [-0.05, 0) is 68.9 Å². The van der Waals surface area contributed by atoms with E-state index in [-0.39, 0.29) is 5.92 Å². The van der Waals surface area contributed by atoms with Crippen molar-refractivity contribution >= 4 is 16.9 Å². The lowest BCUT2D eigenvalue weighted by molar-refractivity contribution is -0.142. The average molecular weight is 326 g/mol. The summed E-state index contributed by atoms with van der Waals surface area (Å²) in [4.78, 5) is 11.2. The summed E-state index contributed by atoms with van der Waals surface area (Å²) in [6, 6.07) is 7.41. The molecule has 1 aromatic heterocycles. The Balaban J connectivity index is 1.64. The molecule has 0 aliphatic heterocycles. The first-order valence-electron chi connectivity index (χ1n) is 9.41. The molecule has 0 atom stereocenters. The fourth-order valence-corrected chi connectivity index (χ4v) is 4.32. The van der Waals surface area contributed by atoms with Crippen molar-refractivity contribution in [1.82, 2.24) is 9.78 Å². The van der Waals surface area contributed by atoms with E-state index in [0.29, 0.717) is 12.0 Å². The molecule has 4 nitrogen and oxygen atoms in total. The second-order valence-corrected chi connectivity index (χ2v) is 7.49. The van der Waals surface area contributed by atoms with Crippen molar-refractivity contribution in [3.8, 4) is 0 Å². The number of carboxylic acid groups (broad SMARTS) is 1. The molecule has 2 aromatic rings. The van der Waals surface area contributed by atoms with Crippen LogP contribution in [0.1, 0.15) is 75.1 Å². The van der Waals surface area contributed by atoms with Crippen molar-refractivity contribution in [2.75, 3.05) is 0 Å². The summed E-state index contributed by atoms with van der Waals surface area (Å²) in [6.45, 7) is 2.17. The SMILES string of the molecule is CCc1nn(C2CCC2)c2cc(C3CCC(C(=O)O)CC3)ccc12. The monoisotopic (exact) mass is 326 g/mol. The topological polar surface area (TPSA) is 55.1 Å². The zero-order chi connectivity index (χ0) is 16.7. The van der Waals surface area contributed by atoms with Crippen LogP contribution >= 0.6 is 0 Å². The van der Waals surface area contributed by atoms with Crippen molar-refractivity contribution in [2.24, 2.45) is 5.92 Å². The van der Waals surface area contributed by atoms with Gasteiger partial charge in [-0.2, -0.15) is 5.10 Å². The van der Waals surface area contributed by atoms with E-state index in [2.05, 4.69) is 29.8 Å². The smallest absolute Gasteiger partial charge is 0.306 e. The molecule has 1 heterocycles. The van der Waals surface area contributed by atoms with Gasteiger partial charge in [0.15, 0.2) is 0 Å². The Hall–Kier alpha value is -1.84. The Morgan fingerprint density at radius 3 is 2.54 bits per heavy atom. The van der Waals surface area contributed by atoms with E-state index < -0.39 is 5.97 Å². The molecule has 1 aromatic carbocycles. The summed E-state index contributed by atoms with van der Waals surface area (Å²) in [5.41, 5.74) is 3.86. The maximum absolute atomic E-state index is 11.2. The van der Waals surface area contributed by atoms with Gasteiger partial charge >= 0.3 is 5.97 Å². The molecular formula is C20H26N2O2. The maximum Gasteiger partial charge on any atom is 0.306 e. The Kier molecular flexibility index (Phi) is 4.07. The molecule has 0 spiro atoms. The number of aryl methyl sites for hydroxylation is 1. The van der Waals surface area contributed by atoms with Crippen LogP contribution in [0.5, 0.6) is 0 Å². The van der Waals surface area contributed by atoms with Gasteiger partial charge in [0.25, 0.3) is 0 Å². The minimum Gasteiger partial charge on any atom is -0.481 e. The standard InChI is InChI=1S/C20H26N2O2/c1-2-18-17-11-10-15(13-6-8-14(9-7-13)20(23)24)12-19(17)22(21-18)16-4-3-5-16/h10-14,16H,2-9H2,1H3,(H,23,24).